The summed E-state index contributed by atoms with van der Waals surface area (Å²) in [5, 5.41) is 0. The van der Waals surface area contributed by atoms with Crippen LogP contribution in [0.3, 0.4) is 0 Å². The molecule has 2 heterocycles. The van der Waals surface area contributed by atoms with E-state index < -0.39 is 0 Å². The molecule has 2 aliphatic rings. The van der Waals surface area contributed by atoms with E-state index in [9.17, 15) is 4.79 Å². The molecule has 2 rings (SSSR count). The first-order valence-corrected chi connectivity index (χ1v) is 6.98. The summed E-state index contributed by atoms with van der Waals surface area (Å²) in [6, 6.07) is 0.683. The molecule has 0 aromatic carbocycles. The van der Waals surface area contributed by atoms with Crippen LogP contribution in [0.1, 0.15) is 25.7 Å². The van der Waals surface area contributed by atoms with Crippen LogP contribution in [0.5, 0.6) is 0 Å². The number of hydrogen-bond donors (Lipinski definition) is 1. The summed E-state index contributed by atoms with van der Waals surface area (Å²) in [5.41, 5.74) is 5.87. The predicted octanol–water partition coefficient (Wildman–Crippen LogP) is 0.0469. The van der Waals surface area contributed by atoms with Crippen molar-refractivity contribution in [1.82, 2.24) is 9.80 Å². The molecular formula is C13H25N3O2. The Morgan fingerprint density at radius 2 is 1.89 bits per heavy atom. The zero-order valence-electron chi connectivity index (χ0n) is 11.3. The van der Waals surface area contributed by atoms with Crippen molar-refractivity contribution in [2.45, 2.75) is 37.8 Å². The van der Waals surface area contributed by atoms with Gasteiger partial charge in [-0.15, -0.1) is 0 Å². The lowest BCUT2D eigenvalue weighted by molar-refractivity contribution is -0.135. The molecule has 104 valence electrons. The lowest BCUT2D eigenvalue weighted by Gasteiger charge is -2.34. The SMILES string of the molecule is CN(C(=O)CN1CCC(N)CC1)C1CCOCC1. The van der Waals surface area contributed by atoms with Crippen molar-refractivity contribution < 1.29 is 9.53 Å². The number of nitrogens with zero attached hydrogens (tertiary/aromatic N) is 2. The Kier molecular flexibility index (Phi) is 4.97. The van der Waals surface area contributed by atoms with Gasteiger partial charge in [0.1, 0.15) is 0 Å². The van der Waals surface area contributed by atoms with Crippen LogP contribution < -0.4 is 5.73 Å². The highest BCUT2D eigenvalue weighted by Gasteiger charge is 2.25. The molecule has 2 aliphatic heterocycles. The maximum atomic E-state index is 12.2. The second-order valence-electron chi connectivity index (χ2n) is 5.46. The Morgan fingerprint density at radius 3 is 2.50 bits per heavy atom. The summed E-state index contributed by atoms with van der Waals surface area (Å²) in [7, 11) is 1.92. The summed E-state index contributed by atoms with van der Waals surface area (Å²) in [5.74, 6) is 0.234. The molecule has 0 bridgehead atoms. The Hall–Kier alpha value is -0.650. The number of ether oxygens (including phenoxy) is 1. The van der Waals surface area contributed by atoms with Crippen molar-refractivity contribution in [1.29, 1.82) is 0 Å². The van der Waals surface area contributed by atoms with Crippen LogP contribution in [0, 0.1) is 0 Å². The van der Waals surface area contributed by atoms with Gasteiger partial charge >= 0.3 is 0 Å². The van der Waals surface area contributed by atoms with Crippen molar-refractivity contribution in [3.05, 3.63) is 0 Å². The van der Waals surface area contributed by atoms with Crippen LogP contribution >= 0.6 is 0 Å². The van der Waals surface area contributed by atoms with Crippen LogP contribution in [0.15, 0.2) is 0 Å². The molecule has 2 fully saturated rings. The average molecular weight is 255 g/mol. The van der Waals surface area contributed by atoms with Crippen molar-refractivity contribution in [3.63, 3.8) is 0 Å². The Morgan fingerprint density at radius 1 is 1.28 bits per heavy atom. The van der Waals surface area contributed by atoms with Gasteiger partial charge in [0.25, 0.3) is 0 Å². The molecule has 2 saturated heterocycles. The van der Waals surface area contributed by atoms with Gasteiger partial charge in [-0.3, -0.25) is 9.69 Å². The average Bonchev–Trinajstić information content (AvgIpc) is 2.41. The summed E-state index contributed by atoms with van der Waals surface area (Å²) < 4.78 is 5.33. The molecule has 0 aliphatic carbocycles. The minimum Gasteiger partial charge on any atom is -0.381 e. The van der Waals surface area contributed by atoms with Gasteiger partial charge in [0, 0.05) is 45.4 Å². The first-order chi connectivity index (χ1) is 8.66. The van der Waals surface area contributed by atoms with E-state index in [4.69, 9.17) is 10.5 Å². The van der Waals surface area contributed by atoms with Crippen LogP contribution in [0.25, 0.3) is 0 Å². The molecular weight excluding hydrogens is 230 g/mol. The summed E-state index contributed by atoms with van der Waals surface area (Å²) in [6.07, 6.45) is 3.95. The van der Waals surface area contributed by atoms with E-state index in [0.717, 1.165) is 52.0 Å². The van der Waals surface area contributed by atoms with E-state index in [1.165, 1.54) is 0 Å². The van der Waals surface area contributed by atoms with Gasteiger partial charge in [-0.2, -0.15) is 0 Å². The monoisotopic (exact) mass is 255 g/mol. The van der Waals surface area contributed by atoms with Crippen molar-refractivity contribution in [3.8, 4) is 0 Å². The molecule has 1 amide bonds. The highest BCUT2D eigenvalue weighted by molar-refractivity contribution is 5.78. The zero-order valence-corrected chi connectivity index (χ0v) is 11.3. The van der Waals surface area contributed by atoms with E-state index in [2.05, 4.69) is 4.90 Å². The fraction of sp³-hybridized carbons (Fsp3) is 0.923. The topological polar surface area (TPSA) is 58.8 Å². The fourth-order valence-electron chi connectivity index (χ4n) is 2.69. The lowest BCUT2D eigenvalue weighted by atomic mass is 10.1. The highest BCUT2D eigenvalue weighted by Crippen LogP contribution is 2.14. The first kappa shape index (κ1) is 13.8. The third-order valence-electron chi connectivity index (χ3n) is 4.12. The Balaban J connectivity index is 1.76. The number of nitrogens with two attached hydrogens (primary N) is 1. The van der Waals surface area contributed by atoms with Crippen molar-refractivity contribution in [2.24, 2.45) is 5.73 Å². The normalized spacial score (nSPS) is 24.1. The number of rotatable bonds is 3. The molecule has 2 N–H and O–H groups in total. The minimum atomic E-state index is 0.234. The molecule has 0 aromatic rings. The molecule has 0 aromatic heterocycles. The smallest absolute Gasteiger partial charge is 0.236 e. The van der Waals surface area contributed by atoms with Crippen molar-refractivity contribution in [2.75, 3.05) is 39.9 Å². The van der Waals surface area contributed by atoms with Gasteiger partial charge in [-0.1, -0.05) is 0 Å². The van der Waals surface area contributed by atoms with Crippen LogP contribution in [-0.4, -0.2) is 67.7 Å². The molecule has 0 atom stereocenters. The van der Waals surface area contributed by atoms with E-state index in [-0.39, 0.29) is 5.91 Å². The fourth-order valence-corrected chi connectivity index (χ4v) is 2.69. The number of amides is 1. The molecule has 5 heteroatoms. The molecule has 0 unspecified atom stereocenters. The highest BCUT2D eigenvalue weighted by atomic mass is 16.5. The third-order valence-corrected chi connectivity index (χ3v) is 4.12. The first-order valence-electron chi connectivity index (χ1n) is 6.98. The predicted molar refractivity (Wildman–Crippen MR) is 70.3 cm³/mol. The largest absolute Gasteiger partial charge is 0.381 e. The van der Waals surface area contributed by atoms with Crippen LogP contribution in [-0.2, 0) is 9.53 Å². The van der Waals surface area contributed by atoms with Gasteiger partial charge in [0.05, 0.1) is 6.54 Å². The van der Waals surface area contributed by atoms with Crippen molar-refractivity contribution >= 4 is 5.91 Å². The van der Waals surface area contributed by atoms with Gasteiger partial charge < -0.3 is 15.4 Å². The second-order valence-corrected chi connectivity index (χ2v) is 5.46. The van der Waals surface area contributed by atoms with E-state index in [1.807, 2.05) is 11.9 Å². The Labute approximate surface area is 109 Å². The van der Waals surface area contributed by atoms with E-state index in [1.54, 1.807) is 0 Å². The van der Waals surface area contributed by atoms with Crippen LogP contribution in [0.4, 0.5) is 0 Å². The third kappa shape index (κ3) is 3.67. The van der Waals surface area contributed by atoms with Gasteiger partial charge in [-0.05, 0) is 25.7 Å². The minimum absolute atomic E-state index is 0.234. The van der Waals surface area contributed by atoms with Gasteiger partial charge in [0.15, 0.2) is 0 Å². The van der Waals surface area contributed by atoms with Gasteiger partial charge in [0.2, 0.25) is 5.91 Å². The number of likely N-dealkylation sites (N-methyl/N-ethyl adjacent to an activating group) is 1. The number of piperidine rings is 1. The standard InChI is InChI=1S/C13H25N3O2/c1-15(12-4-8-18-9-5-12)13(17)10-16-6-2-11(14)3-7-16/h11-12H,2-10,14H2,1H3. The maximum absolute atomic E-state index is 12.2. The molecule has 0 saturated carbocycles. The summed E-state index contributed by atoms with van der Waals surface area (Å²) in [6.45, 7) is 4.01. The second kappa shape index (κ2) is 6.50. The molecule has 18 heavy (non-hydrogen) atoms. The Bertz CT molecular complexity index is 271. The summed E-state index contributed by atoms with van der Waals surface area (Å²) >= 11 is 0. The molecule has 0 spiro atoms. The molecule has 0 radical (unpaired) electrons. The van der Waals surface area contributed by atoms with E-state index in [0.29, 0.717) is 18.6 Å². The quantitative estimate of drug-likeness (QED) is 0.774. The number of carbonyl (C=O) groups excluding carboxylic acids is 1. The number of likely N-dealkylation sites (tertiary alicyclic amines) is 1. The van der Waals surface area contributed by atoms with Gasteiger partial charge in [-0.25, -0.2) is 0 Å². The van der Waals surface area contributed by atoms with Crippen LogP contribution in [0.2, 0.25) is 0 Å². The van der Waals surface area contributed by atoms with E-state index >= 15 is 0 Å². The molecule has 5 nitrogen and oxygen atoms in total. The lowest BCUT2D eigenvalue weighted by Crippen LogP contribution is -2.48. The summed E-state index contributed by atoms with van der Waals surface area (Å²) in [4.78, 5) is 16.3. The zero-order chi connectivity index (χ0) is 13.0. The number of carbonyl (C=O) groups is 1. The number of hydrogen-bond acceptors (Lipinski definition) is 4. The maximum Gasteiger partial charge on any atom is 0.236 e.